The second-order valence-corrected chi connectivity index (χ2v) is 5.53. The molecule has 5 heteroatoms. The molecule has 0 aliphatic carbocycles. The maximum absolute atomic E-state index is 12.2. The van der Waals surface area contributed by atoms with Crippen LogP contribution < -0.4 is 5.73 Å². The van der Waals surface area contributed by atoms with Gasteiger partial charge in [-0.2, -0.15) is 0 Å². The van der Waals surface area contributed by atoms with Crippen molar-refractivity contribution in [2.24, 2.45) is 5.73 Å². The fourth-order valence-corrected chi connectivity index (χ4v) is 1.78. The quantitative estimate of drug-likeness (QED) is 0.590. The highest BCUT2D eigenvalue weighted by molar-refractivity contribution is 5.91. The van der Waals surface area contributed by atoms with Crippen molar-refractivity contribution in [1.29, 1.82) is 0 Å². The Bertz CT molecular complexity index is 485. The number of esters is 2. The number of unbranched alkanes of at least 4 members (excludes halogenated alkanes) is 1. The maximum Gasteiger partial charge on any atom is 0.349 e. The zero-order valence-electron chi connectivity index (χ0n) is 13.5. The molecule has 0 aliphatic heterocycles. The number of carbonyl (C=O) groups excluding carboxylic acids is 2. The van der Waals surface area contributed by atoms with Gasteiger partial charge in [0.1, 0.15) is 0 Å². The molecule has 1 aromatic rings. The van der Waals surface area contributed by atoms with Crippen LogP contribution >= 0.6 is 0 Å². The van der Waals surface area contributed by atoms with E-state index in [4.69, 9.17) is 15.2 Å². The Labute approximate surface area is 131 Å². The van der Waals surface area contributed by atoms with E-state index in [9.17, 15) is 9.59 Å². The first-order valence-electron chi connectivity index (χ1n) is 7.64. The lowest BCUT2D eigenvalue weighted by atomic mass is 9.92. The van der Waals surface area contributed by atoms with Crippen LogP contribution in [-0.4, -0.2) is 30.2 Å². The van der Waals surface area contributed by atoms with Crippen LogP contribution in [0.5, 0.6) is 0 Å². The Morgan fingerprint density at radius 1 is 1.23 bits per heavy atom. The molecule has 0 radical (unpaired) electrons. The minimum Gasteiger partial charge on any atom is -0.463 e. The number of benzene rings is 1. The lowest BCUT2D eigenvalue weighted by Crippen LogP contribution is -2.54. The molecular formula is C17H25NO4. The van der Waals surface area contributed by atoms with Gasteiger partial charge in [-0.3, -0.25) is 0 Å². The van der Waals surface area contributed by atoms with Crippen LogP contribution in [0.25, 0.3) is 0 Å². The topological polar surface area (TPSA) is 78.6 Å². The highest BCUT2D eigenvalue weighted by Gasteiger charge is 2.39. The Balaban J connectivity index is 2.82. The minimum absolute atomic E-state index is 0.300. The molecule has 22 heavy (non-hydrogen) atoms. The van der Waals surface area contributed by atoms with Gasteiger partial charge in [-0.05, 0) is 31.9 Å². The molecular weight excluding hydrogens is 282 g/mol. The van der Waals surface area contributed by atoms with Gasteiger partial charge < -0.3 is 15.2 Å². The second kappa shape index (κ2) is 8.54. The lowest BCUT2D eigenvalue weighted by molar-refractivity contribution is -0.157. The third-order valence-electron chi connectivity index (χ3n) is 3.55. The summed E-state index contributed by atoms with van der Waals surface area (Å²) in [5.41, 5.74) is 5.51. The van der Waals surface area contributed by atoms with Gasteiger partial charge in [-0.25, -0.2) is 9.59 Å². The molecule has 0 heterocycles. The summed E-state index contributed by atoms with van der Waals surface area (Å²) < 4.78 is 10.5. The van der Waals surface area contributed by atoms with Gasteiger partial charge in [-0.15, -0.1) is 0 Å². The zero-order valence-corrected chi connectivity index (χ0v) is 13.5. The smallest absolute Gasteiger partial charge is 0.349 e. The largest absolute Gasteiger partial charge is 0.463 e. The van der Waals surface area contributed by atoms with Crippen LogP contribution in [-0.2, 0) is 14.3 Å². The van der Waals surface area contributed by atoms with E-state index in [1.165, 1.54) is 0 Å². The van der Waals surface area contributed by atoms with Gasteiger partial charge in [0.25, 0.3) is 0 Å². The SMILES string of the molecule is CCCCOC(=O)C(OC(=O)c1ccccc1)C(C)(N)CC. The van der Waals surface area contributed by atoms with Gasteiger partial charge in [0.2, 0.25) is 6.10 Å². The van der Waals surface area contributed by atoms with Crippen molar-refractivity contribution in [1.82, 2.24) is 0 Å². The number of rotatable bonds is 8. The Kier molecular flexibility index (Phi) is 7.05. The molecule has 1 aromatic carbocycles. The average Bonchev–Trinajstić information content (AvgIpc) is 2.53. The van der Waals surface area contributed by atoms with Gasteiger partial charge >= 0.3 is 11.9 Å². The van der Waals surface area contributed by atoms with Gasteiger partial charge in [0.05, 0.1) is 17.7 Å². The summed E-state index contributed by atoms with van der Waals surface area (Å²) in [5.74, 6) is -1.17. The fraction of sp³-hybridized carbons (Fsp3) is 0.529. The Morgan fingerprint density at radius 3 is 2.41 bits per heavy atom. The molecule has 0 saturated carbocycles. The molecule has 5 nitrogen and oxygen atoms in total. The van der Waals surface area contributed by atoms with E-state index in [1.807, 2.05) is 13.8 Å². The molecule has 0 saturated heterocycles. The van der Waals surface area contributed by atoms with Crippen molar-refractivity contribution in [2.75, 3.05) is 6.61 Å². The van der Waals surface area contributed by atoms with Gasteiger partial charge in [0.15, 0.2) is 0 Å². The molecule has 2 atom stereocenters. The van der Waals surface area contributed by atoms with Crippen molar-refractivity contribution in [3.8, 4) is 0 Å². The molecule has 0 amide bonds. The van der Waals surface area contributed by atoms with Crippen molar-refractivity contribution in [3.63, 3.8) is 0 Å². The summed E-state index contributed by atoms with van der Waals surface area (Å²) in [4.78, 5) is 24.4. The standard InChI is InChI=1S/C17H25NO4/c1-4-6-12-21-16(20)14(17(3,18)5-2)22-15(19)13-10-8-7-9-11-13/h7-11,14H,4-6,12,18H2,1-3H3. The van der Waals surface area contributed by atoms with Crippen LogP contribution in [0.1, 0.15) is 50.4 Å². The third kappa shape index (κ3) is 5.15. The predicted octanol–water partition coefficient (Wildman–Crippen LogP) is 2.68. The monoisotopic (exact) mass is 307 g/mol. The highest BCUT2D eigenvalue weighted by atomic mass is 16.6. The van der Waals surface area contributed by atoms with Crippen molar-refractivity contribution < 1.29 is 19.1 Å². The summed E-state index contributed by atoms with van der Waals surface area (Å²) in [6, 6.07) is 8.51. The summed E-state index contributed by atoms with van der Waals surface area (Å²) in [5, 5.41) is 0. The fourth-order valence-electron chi connectivity index (χ4n) is 1.78. The number of ether oxygens (including phenoxy) is 2. The minimum atomic E-state index is -1.12. The van der Waals surface area contributed by atoms with Gasteiger partial charge in [-0.1, -0.05) is 38.5 Å². The molecule has 0 aromatic heterocycles. The van der Waals surface area contributed by atoms with E-state index >= 15 is 0 Å². The van der Waals surface area contributed by atoms with E-state index in [0.29, 0.717) is 18.6 Å². The molecule has 0 spiro atoms. The number of hydrogen-bond donors (Lipinski definition) is 1. The van der Waals surface area contributed by atoms with Crippen LogP contribution in [0.4, 0.5) is 0 Å². The van der Waals surface area contributed by atoms with Crippen LogP contribution in [0.2, 0.25) is 0 Å². The first kappa shape index (κ1) is 18.2. The van der Waals surface area contributed by atoms with Crippen LogP contribution in [0.15, 0.2) is 30.3 Å². The summed E-state index contributed by atoms with van der Waals surface area (Å²) in [6.07, 6.45) is 1.03. The second-order valence-electron chi connectivity index (χ2n) is 5.53. The van der Waals surface area contributed by atoms with Crippen molar-refractivity contribution in [2.45, 2.75) is 51.7 Å². The van der Waals surface area contributed by atoms with Crippen LogP contribution in [0, 0.1) is 0 Å². The predicted molar refractivity (Wildman–Crippen MR) is 84.4 cm³/mol. The molecule has 2 unspecified atom stereocenters. The summed E-state index contributed by atoms with van der Waals surface area (Å²) >= 11 is 0. The first-order chi connectivity index (χ1) is 10.4. The van der Waals surface area contributed by atoms with Crippen molar-refractivity contribution in [3.05, 3.63) is 35.9 Å². The number of nitrogens with two attached hydrogens (primary N) is 1. The summed E-state index contributed by atoms with van der Waals surface area (Å²) in [6.45, 7) is 5.81. The van der Waals surface area contributed by atoms with E-state index < -0.39 is 23.6 Å². The van der Waals surface area contributed by atoms with Crippen molar-refractivity contribution >= 4 is 11.9 Å². The molecule has 1 rings (SSSR count). The van der Waals surface area contributed by atoms with Gasteiger partial charge in [0, 0.05) is 0 Å². The normalized spacial score (nSPS) is 14.7. The maximum atomic E-state index is 12.2. The number of hydrogen-bond acceptors (Lipinski definition) is 5. The third-order valence-corrected chi connectivity index (χ3v) is 3.55. The Hall–Kier alpha value is -1.88. The van der Waals surface area contributed by atoms with E-state index in [0.717, 1.165) is 12.8 Å². The van der Waals surface area contributed by atoms with E-state index in [2.05, 4.69) is 0 Å². The number of carbonyl (C=O) groups is 2. The molecule has 0 aliphatic rings. The zero-order chi connectivity index (χ0) is 16.6. The molecule has 122 valence electrons. The first-order valence-corrected chi connectivity index (χ1v) is 7.64. The van der Waals surface area contributed by atoms with E-state index in [1.54, 1.807) is 37.3 Å². The highest BCUT2D eigenvalue weighted by Crippen LogP contribution is 2.18. The molecule has 0 bridgehead atoms. The Morgan fingerprint density at radius 2 is 1.86 bits per heavy atom. The van der Waals surface area contributed by atoms with Crippen LogP contribution in [0.3, 0.4) is 0 Å². The average molecular weight is 307 g/mol. The lowest BCUT2D eigenvalue weighted by Gasteiger charge is -2.30. The van der Waals surface area contributed by atoms with E-state index in [-0.39, 0.29) is 0 Å². The summed E-state index contributed by atoms with van der Waals surface area (Å²) in [7, 11) is 0. The molecule has 0 fully saturated rings. The molecule has 2 N–H and O–H groups in total.